The molecule has 162 valence electrons. The Kier molecular flexibility index (Phi) is 7.32. The summed E-state index contributed by atoms with van der Waals surface area (Å²) in [5.74, 6) is 0.364. The monoisotopic (exact) mass is 432 g/mol. The van der Waals surface area contributed by atoms with Gasteiger partial charge in [-0.15, -0.1) is 10.2 Å². The van der Waals surface area contributed by atoms with Gasteiger partial charge >= 0.3 is 11.9 Å². The van der Waals surface area contributed by atoms with Gasteiger partial charge in [0.15, 0.2) is 0 Å². The summed E-state index contributed by atoms with van der Waals surface area (Å²) < 4.78 is 21.7. The number of benzene rings is 2. The van der Waals surface area contributed by atoms with Gasteiger partial charge in [-0.3, -0.25) is 0 Å². The van der Waals surface area contributed by atoms with E-state index in [1.807, 2.05) is 19.1 Å². The quantitative estimate of drug-likeness (QED) is 0.210. The molecule has 0 saturated carbocycles. The number of hydrogen-bond donors (Lipinski definition) is 0. The number of rotatable bonds is 9. The average molecular weight is 432 g/mol. The molecule has 1 heterocycles. The molecule has 0 fully saturated rings. The van der Waals surface area contributed by atoms with E-state index in [9.17, 15) is 9.59 Å². The highest BCUT2D eigenvalue weighted by atomic mass is 16.5. The Labute approximate surface area is 184 Å². The number of nitrogens with zero attached hydrogens (tertiary/aromatic N) is 2. The fourth-order valence-corrected chi connectivity index (χ4v) is 2.52. The molecule has 0 unspecified atom stereocenters. The van der Waals surface area contributed by atoms with Gasteiger partial charge in [-0.1, -0.05) is 25.3 Å². The van der Waals surface area contributed by atoms with Crippen molar-refractivity contribution in [1.82, 2.24) is 10.2 Å². The summed E-state index contributed by atoms with van der Waals surface area (Å²) in [4.78, 5) is 22.9. The van der Waals surface area contributed by atoms with Gasteiger partial charge in [0.05, 0.1) is 0 Å². The van der Waals surface area contributed by atoms with Crippen LogP contribution in [-0.4, -0.2) is 28.7 Å². The van der Waals surface area contributed by atoms with Gasteiger partial charge in [-0.05, 0) is 43.3 Å². The van der Waals surface area contributed by atoms with Crippen molar-refractivity contribution in [1.29, 1.82) is 0 Å². The molecule has 0 aliphatic carbocycles. The molecule has 3 aromatic rings. The SMILES string of the molecule is C=CC(=O)Oc1ccc(-c2nnc(-c3cc(OC/C=C/C)cc(OC(=O)C=C)c3)o2)cc1. The first-order chi connectivity index (χ1) is 15.5. The van der Waals surface area contributed by atoms with E-state index in [-0.39, 0.29) is 17.5 Å². The van der Waals surface area contributed by atoms with E-state index >= 15 is 0 Å². The number of allylic oxidation sites excluding steroid dienone is 1. The average Bonchev–Trinajstić information content (AvgIpc) is 3.30. The third-order valence-electron chi connectivity index (χ3n) is 4.01. The first kappa shape index (κ1) is 22.2. The summed E-state index contributed by atoms with van der Waals surface area (Å²) in [6, 6.07) is 11.4. The largest absolute Gasteiger partial charge is 0.489 e. The third-order valence-corrected chi connectivity index (χ3v) is 4.01. The fourth-order valence-electron chi connectivity index (χ4n) is 2.52. The number of aromatic nitrogens is 2. The summed E-state index contributed by atoms with van der Waals surface area (Å²) >= 11 is 0. The molecule has 8 heteroatoms. The zero-order valence-electron chi connectivity index (χ0n) is 17.3. The number of carbonyl (C=O) groups excluding carboxylic acids is 2. The predicted octanol–water partition coefficient (Wildman–Crippen LogP) is 4.54. The molecular weight excluding hydrogens is 412 g/mol. The number of ether oxygens (including phenoxy) is 3. The lowest BCUT2D eigenvalue weighted by atomic mass is 10.2. The van der Waals surface area contributed by atoms with Gasteiger partial charge in [0.2, 0.25) is 11.8 Å². The van der Waals surface area contributed by atoms with Crippen LogP contribution in [0.2, 0.25) is 0 Å². The molecule has 3 rings (SSSR count). The molecule has 0 atom stereocenters. The topological polar surface area (TPSA) is 101 Å². The van der Waals surface area contributed by atoms with Crippen molar-refractivity contribution in [2.45, 2.75) is 6.92 Å². The van der Waals surface area contributed by atoms with Crippen molar-refractivity contribution >= 4 is 11.9 Å². The minimum absolute atomic E-state index is 0.203. The van der Waals surface area contributed by atoms with E-state index in [1.165, 1.54) is 0 Å². The van der Waals surface area contributed by atoms with Crippen molar-refractivity contribution in [2.75, 3.05) is 6.61 Å². The molecule has 0 spiro atoms. The second kappa shape index (κ2) is 10.5. The molecule has 32 heavy (non-hydrogen) atoms. The second-order valence-electron chi connectivity index (χ2n) is 6.26. The van der Waals surface area contributed by atoms with E-state index in [0.29, 0.717) is 29.2 Å². The maximum absolute atomic E-state index is 11.6. The molecule has 0 radical (unpaired) electrons. The Morgan fingerprint density at radius 1 is 0.875 bits per heavy atom. The summed E-state index contributed by atoms with van der Waals surface area (Å²) in [6.45, 7) is 8.97. The molecule has 0 bridgehead atoms. The van der Waals surface area contributed by atoms with Crippen molar-refractivity contribution in [2.24, 2.45) is 0 Å². The predicted molar refractivity (Wildman–Crippen MR) is 117 cm³/mol. The molecule has 2 aromatic carbocycles. The Morgan fingerprint density at radius 2 is 1.47 bits per heavy atom. The standard InChI is InChI=1S/C24H20N2O6/c1-4-7-12-29-19-13-17(14-20(15-19)31-22(28)6-3)24-26-25-23(32-24)16-8-10-18(11-9-16)30-21(27)5-2/h4-11,13-15H,2-3,12H2,1H3/b7-4+. The lowest BCUT2D eigenvalue weighted by molar-refractivity contribution is -0.129. The van der Waals surface area contributed by atoms with E-state index in [1.54, 1.807) is 42.5 Å². The first-order valence-electron chi connectivity index (χ1n) is 9.54. The van der Waals surface area contributed by atoms with Crippen LogP contribution in [0.5, 0.6) is 17.2 Å². The molecule has 0 amide bonds. The molecule has 1 aromatic heterocycles. The minimum atomic E-state index is -0.606. The van der Waals surface area contributed by atoms with E-state index in [0.717, 1.165) is 12.2 Å². The Hall–Kier alpha value is -4.46. The lowest BCUT2D eigenvalue weighted by Crippen LogP contribution is -2.04. The Morgan fingerprint density at radius 3 is 2.09 bits per heavy atom. The van der Waals surface area contributed by atoms with Crippen molar-refractivity contribution in [3.8, 4) is 40.2 Å². The zero-order valence-corrected chi connectivity index (χ0v) is 17.3. The van der Waals surface area contributed by atoms with E-state index < -0.39 is 11.9 Å². The van der Waals surface area contributed by atoms with Gasteiger partial charge in [-0.2, -0.15) is 0 Å². The van der Waals surface area contributed by atoms with Crippen LogP contribution in [0, 0.1) is 0 Å². The van der Waals surface area contributed by atoms with Crippen molar-refractivity contribution in [3.63, 3.8) is 0 Å². The molecule has 0 saturated heterocycles. The molecule has 8 nitrogen and oxygen atoms in total. The van der Waals surface area contributed by atoms with E-state index in [2.05, 4.69) is 23.4 Å². The van der Waals surface area contributed by atoms with Crippen LogP contribution in [0.1, 0.15) is 6.92 Å². The number of carbonyl (C=O) groups is 2. The van der Waals surface area contributed by atoms with Crippen LogP contribution >= 0.6 is 0 Å². The van der Waals surface area contributed by atoms with Gasteiger partial charge in [0.1, 0.15) is 23.9 Å². The first-order valence-corrected chi connectivity index (χ1v) is 9.54. The maximum Gasteiger partial charge on any atom is 0.335 e. The molecule has 0 aliphatic heterocycles. The normalized spacial score (nSPS) is 10.5. The van der Waals surface area contributed by atoms with Crippen LogP contribution < -0.4 is 14.2 Å². The van der Waals surface area contributed by atoms with Gasteiger partial charge in [-0.25, -0.2) is 9.59 Å². The maximum atomic E-state index is 11.6. The molecule has 0 aliphatic rings. The summed E-state index contributed by atoms with van der Waals surface area (Å²) in [6.07, 6.45) is 5.84. The van der Waals surface area contributed by atoms with Crippen LogP contribution in [0.25, 0.3) is 22.9 Å². The summed E-state index contributed by atoms with van der Waals surface area (Å²) in [5, 5.41) is 8.14. The summed E-state index contributed by atoms with van der Waals surface area (Å²) in [5.41, 5.74) is 1.13. The van der Waals surface area contributed by atoms with Crippen LogP contribution in [-0.2, 0) is 9.59 Å². The Bertz CT molecular complexity index is 1160. The smallest absolute Gasteiger partial charge is 0.335 e. The molecule has 0 N–H and O–H groups in total. The third kappa shape index (κ3) is 5.79. The van der Waals surface area contributed by atoms with Crippen LogP contribution in [0.3, 0.4) is 0 Å². The van der Waals surface area contributed by atoms with Crippen molar-refractivity contribution < 1.29 is 28.2 Å². The highest BCUT2D eigenvalue weighted by Gasteiger charge is 2.14. The Balaban J connectivity index is 1.87. The van der Waals surface area contributed by atoms with Gasteiger partial charge in [0.25, 0.3) is 0 Å². The summed E-state index contributed by atoms with van der Waals surface area (Å²) in [7, 11) is 0. The van der Waals surface area contributed by atoms with E-state index in [4.69, 9.17) is 18.6 Å². The number of hydrogen-bond acceptors (Lipinski definition) is 8. The molecular formula is C24H20N2O6. The van der Waals surface area contributed by atoms with Gasteiger partial charge < -0.3 is 18.6 Å². The highest BCUT2D eigenvalue weighted by molar-refractivity contribution is 5.84. The van der Waals surface area contributed by atoms with Crippen LogP contribution in [0.15, 0.2) is 84.3 Å². The van der Waals surface area contributed by atoms with Crippen molar-refractivity contribution in [3.05, 3.63) is 79.9 Å². The highest BCUT2D eigenvalue weighted by Crippen LogP contribution is 2.31. The second-order valence-corrected chi connectivity index (χ2v) is 6.26. The van der Waals surface area contributed by atoms with Crippen LogP contribution in [0.4, 0.5) is 0 Å². The minimum Gasteiger partial charge on any atom is -0.489 e. The lowest BCUT2D eigenvalue weighted by Gasteiger charge is -2.08. The fraction of sp³-hybridized carbons (Fsp3) is 0.0833. The number of esters is 2. The zero-order chi connectivity index (χ0) is 22.9. The van der Waals surface area contributed by atoms with Gasteiger partial charge in [0, 0.05) is 29.3 Å².